The number of amides is 1. The van der Waals surface area contributed by atoms with Gasteiger partial charge in [-0.2, -0.15) is 0 Å². The van der Waals surface area contributed by atoms with Gasteiger partial charge in [0.1, 0.15) is 0 Å². The number of carbonyl (C=O) groups excluding carboxylic acids is 2. The van der Waals surface area contributed by atoms with Crippen molar-refractivity contribution in [2.24, 2.45) is 4.99 Å². The lowest BCUT2D eigenvalue weighted by atomic mass is 9.93. The summed E-state index contributed by atoms with van der Waals surface area (Å²) in [5.74, 6) is 0.317. The zero-order valence-electron chi connectivity index (χ0n) is 26.1. The van der Waals surface area contributed by atoms with Crippen LogP contribution in [0, 0.1) is 0 Å². The third-order valence-corrected chi connectivity index (χ3v) is 9.17. The normalized spacial score (nSPS) is 16.1. The van der Waals surface area contributed by atoms with Gasteiger partial charge in [-0.3, -0.25) is 14.2 Å². The molecule has 0 bridgehead atoms. The zero-order valence-corrected chi connectivity index (χ0v) is 27.7. The van der Waals surface area contributed by atoms with Crippen LogP contribution in [-0.2, 0) is 14.3 Å². The van der Waals surface area contributed by atoms with Gasteiger partial charge in [0, 0.05) is 23.7 Å². The molecule has 0 unspecified atom stereocenters. The van der Waals surface area contributed by atoms with Crippen molar-refractivity contribution in [1.29, 1.82) is 0 Å². The number of ether oxygens (including phenoxy) is 3. The van der Waals surface area contributed by atoms with E-state index in [1.54, 1.807) is 54.0 Å². The van der Waals surface area contributed by atoms with Gasteiger partial charge in [-0.1, -0.05) is 71.5 Å². The molecule has 11 heteroatoms. The van der Waals surface area contributed by atoms with Crippen LogP contribution in [0.2, 0.25) is 5.02 Å². The van der Waals surface area contributed by atoms with E-state index in [-0.39, 0.29) is 30.3 Å². The van der Waals surface area contributed by atoms with Crippen LogP contribution in [-0.4, -0.2) is 54.3 Å². The van der Waals surface area contributed by atoms with E-state index < -0.39 is 12.0 Å². The summed E-state index contributed by atoms with van der Waals surface area (Å²) in [5, 5.41) is 0.532. The highest BCUT2D eigenvalue weighted by molar-refractivity contribution is 7.07. The lowest BCUT2D eigenvalue weighted by Gasteiger charge is -2.25. The van der Waals surface area contributed by atoms with Crippen molar-refractivity contribution in [2.45, 2.75) is 32.7 Å². The number of fused-ring (bicyclic) bond motifs is 1. The number of aromatic nitrogens is 1. The molecule has 3 aromatic carbocycles. The Balaban J connectivity index is 1.45. The standard InChI is InChI=1S/C36H34ClN3O6S/c1-3-44-28-20-23(12-17-27(28)46-22-30(41)39-18-8-9-19-39)21-29-34(42)40-33(25-13-15-26(37)16-14-25)31(35(43)45-4-2)32(38-36(40)47-29)24-10-6-5-7-11-24/h5-7,10-17,20-21,33H,3-4,8-9,18-19,22H2,1-2H3/b29-21+/t33-/m0/s1. The highest BCUT2D eigenvalue weighted by Gasteiger charge is 2.35. The summed E-state index contributed by atoms with van der Waals surface area (Å²) in [5.41, 5.74) is 2.53. The number of nitrogens with zero attached hydrogens (tertiary/aromatic N) is 3. The minimum absolute atomic E-state index is 0.0533. The molecule has 0 saturated carbocycles. The van der Waals surface area contributed by atoms with Crippen LogP contribution in [0.4, 0.5) is 0 Å². The molecule has 6 rings (SSSR count). The van der Waals surface area contributed by atoms with Gasteiger partial charge in [-0.05, 0) is 68.2 Å². The van der Waals surface area contributed by atoms with Crippen molar-refractivity contribution in [3.63, 3.8) is 0 Å². The fourth-order valence-electron chi connectivity index (χ4n) is 5.75. The molecule has 0 spiro atoms. The fraction of sp³-hybridized carbons (Fsp3) is 0.278. The van der Waals surface area contributed by atoms with E-state index in [4.69, 9.17) is 30.8 Å². The number of benzene rings is 3. The first kappa shape index (κ1) is 32.3. The van der Waals surface area contributed by atoms with Gasteiger partial charge in [0.15, 0.2) is 22.9 Å². The maximum atomic E-state index is 14.2. The van der Waals surface area contributed by atoms with Gasteiger partial charge >= 0.3 is 5.97 Å². The van der Waals surface area contributed by atoms with E-state index in [0.717, 1.165) is 31.5 Å². The van der Waals surface area contributed by atoms with Crippen LogP contribution < -0.4 is 24.4 Å². The Morgan fingerprint density at radius 1 is 0.957 bits per heavy atom. The quantitative estimate of drug-likeness (QED) is 0.221. The van der Waals surface area contributed by atoms with E-state index in [1.165, 1.54) is 11.3 Å². The Hall–Kier alpha value is -4.67. The molecule has 1 atom stereocenters. The number of thiazole rings is 1. The molecule has 242 valence electrons. The summed E-state index contributed by atoms with van der Waals surface area (Å²) in [6.45, 7) is 5.60. The summed E-state index contributed by atoms with van der Waals surface area (Å²) in [4.78, 5) is 47.5. The maximum Gasteiger partial charge on any atom is 0.338 e. The van der Waals surface area contributed by atoms with E-state index in [1.807, 2.05) is 48.2 Å². The van der Waals surface area contributed by atoms with E-state index in [2.05, 4.69) is 0 Å². The average Bonchev–Trinajstić information content (AvgIpc) is 3.73. The van der Waals surface area contributed by atoms with E-state index in [0.29, 0.717) is 49.3 Å². The number of esters is 1. The molecule has 2 aliphatic heterocycles. The summed E-state index contributed by atoms with van der Waals surface area (Å²) in [6, 6.07) is 21.0. The summed E-state index contributed by atoms with van der Waals surface area (Å²) in [6.07, 6.45) is 3.78. The molecule has 0 radical (unpaired) electrons. The van der Waals surface area contributed by atoms with Crippen LogP contribution in [0.1, 0.15) is 49.4 Å². The first-order valence-electron chi connectivity index (χ1n) is 15.6. The van der Waals surface area contributed by atoms with Crippen LogP contribution in [0.3, 0.4) is 0 Å². The zero-order chi connectivity index (χ0) is 32.9. The largest absolute Gasteiger partial charge is 0.490 e. The van der Waals surface area contributed by atoms with Crippen LogP contribution in [0.25, 0.3) is 11.8 Å². The lowest BCUT2D eigenvalue weighted by molar-refractivity contribution is -0.139. The van der Waals surface area contributed by atoms with Gasteiger partial charge in [0.2, 0.25) is 0 Å². The SMILES string of the molecule is CCOC(=O)C1=C(c2ccccc2)N=c2s/c(=C/c3ccc(OCC(=O)N4CCCC4)c(OCC)c3)c(=O)n2[C@H]1c1ccc(Cl)cc1. The van der Waals surface area contributed by atoms with E-state index >= 15 is 0 Å². The topological polar surface area (TPSA) is 99.4 Å². The Labute approximate surface area is 281 Å². The first-order valence-corrected chi connectivity index (χ1v) is 16.8. The van der Waals surface area contributed by atoms with Crippen molar-refractivity contribution in [2.75, 3.05) is 32.9 Å². The van der Waals surface area contributed by atoms with Gasteiger partial charge in [0.05, 0.1) is 35.1 Å². The molecule has 0 aliphatic carbocycles. The van der Waals surface area contributed by atoms with Crippen molar-refractivity contribution < 1.29 is 23.8 Å². The minimum atomic E-state index is -0.803. The van der Waals surface area contributed by atoms with Crippen molar-refractivity contribution in [3.05, 3.63) is 120 Å². The molecule has 0 N–H and O–H groups in total. The number of halogens is 1. The summed E-state index contributed by atoms with van der Waals surface area (Å²) in [7, 11) is 0. The van der Waals surface area contributed by atoms with Crippen molar-refractivity contribution in [3.8, 4) is 11.5 Å². The van der Waals surface area contributed by atoms with E-state index in [9.17, 15) is 14.4 Å². The molecule has 9 nitrogen and oxygen atoms in total. The Kier molecular flexibility index (Phi) is 9.89. The number of carbonyl (C=O) groups is 2. The number of hydrogen-bond acceptors (Lipinski definition) is 8. The molecule has 1 aromatic heterocycles. The number of likely N-dealkylation sites (tertiary alicyclic amines) is 1. The van der Waals surface area contributed by atoms with Gasteiger partial charge in [-0.15, -0.1) is 0 Å². The highest BCUT2D eigenvalue weighted by atomic mass is 35.5. The smallest absolute Gasteiger partial charge is 0.338 e. The first-order chi connectivity index (χ1) is 22.9. The second kappa shape index (κ2) is 14.4. The minimum Gasteiger partial charge on any atom is -0.490 e. The molecular formula is C36H34ClN3O6S. The Morgan fingerprint density at radius 2 is 1.70 bits per heavy atom. The molecule has 1 fully saturated rings. The third-order valence-electron chi connectivity index (χ3n) is 7.93. The predicted molar refractivity (Wildman–Crippen MR) is 181 cm³/mol. The van der Waals surface area contributed by atoms with Crippen LogP contribution in [0.15, 0.2) is 88.2 Å². The molecule has 1 saturated heterocycles. The molecule has 47 heavy (non-hydrogen) atoms. The van der Waals surface area contributed by atoms with Crippen LogP contribution >= 0.6 is 22.9 Å². The van der Waals surface area contributed by atoms with Crippen molar-refractivity contribution >= 4 is 46.6 Å². The summed E-state index contributed by atoms with van der Waals surface area (Å²) < 4.78 is 19.2. The fourth-order valence-corrected chi connectivity index (χ4v) is 6.88. The second-order valence-electron chi connectivity index (χ2n) is 11.0. The second-order valence-corrected chi connectivity index (χ2v) is 12.4. The number of rotatable bonds is 10. The highest BCUT2D eigenvalue weighted by Crippen LogP contribution is 2.35. The van der Waals surface area contributed by atoms with Crippen molar-refractivity contribution in [1.82, 2.24) is 9.47 Å². The Bertz CT molecular complexity index is 2000. The molecule has 1 amide bonds. The van der Waals surface area contributed by atoms with Gasteiger partial charge in [-0.25, -0.2) is 9.79 Å². The lowest BCUT2D eigenvalue weighted by Crippen LogP contribution is -2.40. The Morgan fingerprint density at radius 3 is 2.40 bits per heavy atom. The molecule has 4 aromatic rings. The van der Waals surface area contributed by atoms with Gasteiger partial charge in [0.25, 0.3) is 11.5 Å². The van der Waals surface area contributed by atoms with Gasteiger partial charge < -0.3 is 19.1 Å². The number of hydrogen-bond donors (Lipinski definition) is 0. The summed E-state index contributed by atoms with van der Waals surface area (Å²) >= 11 is 7.46. The molecule has 3 heterocycles. The predicted octanol–water partition coefficient (Wildman–Crippen LogP) is 4.99. The molecular weight excluding hydrogens is 638 g/mol. The molecule has 2 aliphatic rings. The maximum absolute atomic E-state index is 14.2. The van der Waals surface area contributed by atoms with Crippen LogP contribution in [0.5, 0.6) is 11.5 Å². The monoisotopic (exact) mass is 671 g/mol. The third kappa shape index (κ3) is 6.89. The average molecular weight is 672 g/mol.